The van der Waals surface area contributed by atoms with Crippen molar-refractivity contribution in [3.8, 4) is 0 Å². The van der Waals surface area contributed by atoms with Crippen LogP contribution in [0.15, 0.2) is 59.5 Å². The molecule has 1 heterocycles. The van der Waals surface area contributed by atoms with Gasteiger partial charge in [-0.1, -0.05) is 24.3 Å². The van der Waals surface area contributed by atoms with E-state index >= 15 is 0 Å². The molecule has 3 nitrogen and oxygen atoms in total. The van der Waals surface area contributed by atoms with E-state index in [0.717, 1.165) is 30.0 Å². The van der Waals surface area contributed by atoms with E-state index in [1.807, 2.05) is 32.3 Å². The quantitative estimate of drug-likeness (QED) is 0.363. The molecule has 0 radical (unpaired) electrons. The second-order valence-electron chi connectivity index (χ2n) is 6.63. The first-order chi connectivity index (χ1) is 12.5. The summed E-state index contributed by atoms with van der Waals surface area (Å²) in [7, 11) is 4.10. The first kappa shape index (κ1) is 21.7. The molecule has 2 aromatic carbocycles. The van der Waals surface area contributed by atoms with Crippen molar-refractivity contribution < 1.29 is 33.3 Å². The molecule has 0 atom stereocenters. The highest BCUT2D eigenvalue weighted by atomic mass is 127. The van der Waals surface area contributed by atoms with Crippen LogP contribution in [0.2, 0.25) is 0 Å². The standard InChI is InChI=1S/C22H25N2OS.HI/c1-17(25)26-22-9-5-4-8-21(22)24-16-6-7-20(24)15-12-18-10-13-19(14-11-18)23(2)3;/h4-5,8-15H,6-7,16H2,1-3H3;1H/q+1;/p-1. The Hall–Kier alpha value is -1.60. The van der Waals surface area contributed by atoms with Crippen LogP contribution < -0.4 is 28.9 Å². The van der Waals surface area contributed by atoms with Gasteiger partial charge in [-0.05, 0) is 41.6 Å². The molecule has 27 heavy (non-hydrogen) atoms. The van der Waals surface area contributed by atoms with Gasteiger partial charge in [0.15, 0.2) is 10.8 Å². The lowest BCUT2D eigenvalue weighted by molar-refractivity contribution is -0.433. The summed E-state index contributed by atoms with van der Waals surface area (Å²) in [6, 6.07) is 16.7. The summed E-state index contributed by atoms with van der Waals surface area (Å²) in [6.07, 6.45) is 6.59. The maximum Gasteiger partial charge on any atom is 0.219 e. The average molecular weight is 492 g/mol. The number of benzene rings is 2. The first-order valence-corrected chi connectivity index (χ1v) is 9.72. The van der Waals surface area contributed by atoms with Gasteiger partial charge in [-0.2, -0.15) is 4.58 Å². The van der Waals surface area contributed by atoms with E-state index in [-0.39, 0.29) is 29.1 Å². The van der Waals surface area contributed by atoms with Gasteiger partial charge in [-0.3, -0.25) is 4.79 Å². The number of hydrogen-bond acceptors (Lipinski definition) is 3. The predicted molar refractivity (Wildman–Crippen MR) is 112 cm³/mol. The molecule has 3 rings (SSSR count). The minimum atomic E-state index is 0. The molecule has 0 saturated heterocycles. The third kappa shape index (κ3) is 5.69. The van der Waals surface area contributed by atoms with Gasteiger partial charge in [-0.25, -0.2) is 0 Å². The Morgan fingerprint density at radius 2 is 1.78 bits per heavy atom. The average Bonchev–Trinajstić information content (AvgIpc) is 3.08. The Morgan fingerprint density at radius 1 is 1.07 bits per heavy atom. The van der Waals surface area contributed by atoms with Crippen molar-refractivity contribution >= 4 is 40.0 Å². The maximum atomic E-state index is 11.6. The molecule has 0 bridgehead atoms. The van der Waals surface area contributed by atoms with Gasteiger partial charge in [0.05, 0.1) is 4.90 Å². The molecular weight excluding hydrogens is 467 g/mol. The zero-order valence-corrected chi connectivity index (χ0v) is 19.0. The molecule has 2 aromatic rings. The van der Waals surface area contributed by atoms with Crippen molar-refractivity contribution in [2.75, 3.05) is 25.5 Å². The van der Waals surface area contributed by atoms with E-state index in [4.69, 9.17) is 0 Å². The van der Waals surface area contributed by atoms with E-state index in [2.05, 4.69) is 52.0 Å². The van der Waals surface area contributed by atoms with Crippen LogP contribution in [-0.4, -0.2) is 36.0 Å². The summed E-state index contributed by atoms with van der Waals surface area (Å²) < 4.78 is 2.34. The summed E-state index contributed by atoms with van der Waals surface area (Å²) in [5.41, 5.74) is 4.83. The van der Waals surface area contributed by atoms with Crippen molar-refractivity contribution in [3.63, 3.8) is 0 Å². The molecule has 0 aromatic heterocycles. The SMILES string of the molecule is CC(=O)Sc1ccccc1[N+]1=C(/C=C\c2ccc(N(C)C)cc2)CCC1.[I-]. The van der Waals surface area contributed by atoms with E-state index < -0.39 is 0 Å². The molecule has 0 fully saturated rings. The highest BCUT2D eigenvalue weighted by molar-refractivity contribution is 8.13. The lowest BCUT2D eigenvalue weighted by Crippen LogP contribution is -3.00. The van der Waals surface area contributed by atoms with Crippen LogP contribution in [0.25, 0.3) is 6.08 Å². The van der Waals surface area contributed by atoms with Crippen LogP contribution in [0.1, 0.15) is 25.3 Å². The van der Waals surface area contributed by atoms with Crippen LogP contribution >= 0.6 is 11.8 Å². The highest BCUT2D eigenvalue weighted by Gasteiger charge is 2.25. The number of nitrogens with zero attached hydrogens (tertiary/aromatic N) is 2. The Balaban J connectivity index is 0.00000261. The van der Waals surface area contributed by atoms with Gasteiger partial charge in [0, 0.05) is 51.7 Å². The molecule has 0 aliphatic carbocycles. The molecule has 1 aliphatic heterocycles. The van der Waals surface area contributed by atoms with E-state index in [1.54, 1.807) is 6.92 Å². The minimum Gasteiger partial charge on any atom is -1.00 e. The van der Waals surface area contributed by atoms with E-state index in [9.17, 15) is 4.79 Å². The second kappa shape index (κ2) is 10.1. The summed E-state index contributed by atoms with van der Waals surface area (Å²) in [4.78, 5) is 14.7. The van der Waals surface area contributed by atoms with Crippen molar-refractivity contribution in [2.45, 2.75) is 24.7 Å². The van der Waals surface area contributed by atoms with Crippen LogP contribution in [0.5, 0.6) is 0 Å². The normalized spacial score (nSPS) is 13.7. The predicted octanol–water partition coefficient (Wildman–Crippen LogP) is 1.99. The molecule has 1 aliphatic rings. The van der Waals surface area contributed by atoms with E-state index in [1.165, 1.54) is 28.7 Å². The number of allylic oxidation sites excluding steroid dienone is 1. The largest absolute Gasteiger partial charge is 1.00 e. The fourth-order valence-corrected chi connectivity index (χ4v) is 3.88. The monoisotopic (exact) mass is 492 g/mol. The number of rotatable bonds is 5. The van der Waals surface area contributed by atoms with Gasteiger partial charge in [0.25, 0.3) is 0 Å². The summed E-state index contributed by atoms with van der Waals surface area (Å²) in [5, 5.41) is 0.120. The van der Waals surface area contributed by atoms with Gasteiger partial charge in [0.1, 0.15) is 6.54 Å². The number of carbonyl (C=O) groups is 1. The molecular formula is C22H25IN2OS. The zero-order chi connectivity index (χ0) is 18.5. The Labute approximate surface area is 183 Å². The fraction of sp³-hybridized carbons (Fsp3) is 0.273. The summed E-state index contributed by atoms with van der Waals surface area (Å²) in [5.74, 6) is 0. The zero-order valence-electron chi connectivity index (χ0n) is 16.0. The van der Waals surface area contributed by atoms with E-state index in [0.29, 0.717) is 0 Å². The van der Waals surface area contributed by atoms with Crippen LogP contribution in [-0.2, 0) is 4.79 Å². The molecule has 0 saturated carbocycles. The van der Waals surface area contributed by atoms with Crippen LogP contribution in [0.3, 0.4) is 0 Å². The molecule has 142 valence electrons. The number of carbonyl (C=O) groups excluding carboxylic acids is 1. The Morgan fingerprint density at radius 3 is 2.44 bits per heavy atom. The van der Waals surface area contributed by atoms with Gasteiger partial charge < -0.3 is 28.9 Å². The molecule has 0 unspecified atom stereocenters. The number of halogens is 1. The highest BCUT2D eigenvalue weighted by Crippen LogP contribution is 2.31. The summed E-state index contributed by atoms with van der Waals surface area (Å²) >= 11 is 1.31. The Bertz CT molecular complexity index is 857. The molecule has 5 heteroatoms. The van der Waals surface area contributed by atoms with Gasteiger partial charge in [-0.15, -0.1) is 0 Å². The number of para-hydroxylation sites is 1. The van der Waals surface area contributed by atoms with Crippen molar-refractivity contribution in [1.29, 1.82) is 0 Å². The molecule has 0 spiro atoms. The molecule has 0 N–H and O–H groups in total. The number of hydrogen-bond donors (Lipinski definition) is 0. The van der Waals surface area contributed by atoms with Crippen molar-refractivity contribution in [2.24, 2.45) is 0 Å². The smallest absolute Gasteiger partial charge is 0.219 e. The van der Waals surface area contributed by atoms with Gasteiger partial charge >= 0.3 is 0 Å². The first-order valence-electron chi connectivity index (χ1n) is 8.91. The second-order valence-corrected chi connectivity index (χ2v) is 7.85. The lowest BCUT2D eigenvalue weighted by atomic mass is 10.1. The fourth-order valence-electron chi connectivity index (χ4n) is 3.14. The summed E-state index contributed by atoms with van der Waals surface area (Å²) in [6.45, 7) is 2.61. The molecule has 0 amide bonds. The van der Waals surface area contributed by atoms with Crippen molar-refractivity contribution in [1.82, 2.24) is 0 Å². The van der Waals surface area contributed by atoms with Gasteiger partial charge in [0.2, 0.25) is 5.69 Å². The minimum absolute atomic E-state index is 0. The third-order valence-electron chi connectivity index (χ3n) is 4.45. The Kier molecular flexibility index (Phi) is 8.10. The number of anilines is 1. The topological polar surface area (TPSA) is 23.3 Å². The van der Waals surface area contributed by atoms with Crippen LogP contribution in [0, 0.1) is 0 Å². The van der Waals surface area contributed by atoms with Crippen molar-refractivity contribution in [3.05, 3.63) is 60.2 Å². The van der Waals surface area contributed by atoms with Crippen LogP contribution in [0.4, 0.5) is 11.4 Å². The third-order valence-corrected chi connectivity index (χ3v) is 5.30. The number of thioether (sulfide) groups is 1. The lowest BCUT2D eigenvalue weighted by Gasteiger charge is -2.11. The maximum absolute atomic E-state index is 11.6.